The van der Waals surface area contributed by atoms with Gasteiger partial charge < -0.3 is 4.57 Å². The highest BCUT2D eigenvalue weighted by atomic mass is 16.2. The molecular weight excluding hydrogens is 332 g/mol. The van der Waals surface area contributed by atoms with Gasteiger partial charge in [-0.15, -0.1) is 0 Å². The SMILES string of the molecule is CCn1c(NC(=O)CN2C(=O)[C@H]3CC=CC[C@H]3C2=O)nc2ccccc21. The number of anilines is 1. The minimum Gasteiger partial charge on any atom is -0.310 e. The van der Waals surface area contributed by atoms with Crippen LogP contribution < -0.4 is 5.32 Å². The number of likely N-dealkylation sites (tertiary alicyclic amines) is 1. The molecule has 1 aliphatic carbocycles. The van der Waals surface area contributed by atoms with Crippen molar-refractivity contribution in [1.82, 2.24) is 14.5 Å². The van der Waals surface area contributed by atoms with Gasteiger partial charge in [-0.05, 0) is 31.9 Å². The van der Waals surface area contributed by atoms with Crippen molar-refractivity contribution in [1.29, 1.82) is 0 Å². The molecule has 1 fully saturated rings. The van der Waals surface area contributed by atoms with Gasteiger partial charge in [0.05, 0.1) is 22.9 Å². The lowest BCUT2D eigenvalue weighted by molar-refractivity contribution is -0.142. The largest absolute Gasteiger partial charge is 0.310 e. The van der Waals surface area contributed by atoms with Crippen LogP contribution in [0.2, 0.25) is 0 Å². The summed E-state index contributed by atoms with van der Waals surface area (Å²) < 4.78 is 1.89. The van der Waals surface area contributed by atoms with Crippen molar-refractivity contribution in [2.75, 3.05) is 11.9 Å². The average Bonchev–Trinajstić information content (AvgIpc) is 3.12. The number of rotatable bonds is 4. The Hall–Kier alpha value is -2.96. The molecule has 1 aromatic heterocycles. The summed E-state index contributed by atoms with van der Waals surface area (Å²) in [5.41, 5.74) is 1.71. The number of carbonyl (C=O) groups is 3. The number of aromatic nitrogens is 2. The molecule has 1 N–H and O–H groups in total. The van der Waals surface area contributed by atoms with Crippen molar-refractivity contribution in [2.45, 2.75) is 26.3 Å². The molecule has 0 saturated carbocycles. The van der Waals surface area contributed by atoms with Crippen LogP contribution in [0, 0.1) is 11.8 Å². The number of imidazole rings is 1. The van der Waals surface area contributed by atoms with Gasteiger partial charge in [0.25, 0.3) is 0 Å². The van der Waals surface area contributed by atoms with Crippen molar-refractivity contribution in [3.63, 3.8) is 0 Å². The molecule has 2 atom stereocenters. The van der Waals surface area contributed by atoms with Crippen molar-refractivity contribution in [3.8, 4) is 0 Å². The number of aryl methyl sites for hydroxylation is 1. The van der Waals surface area contributed by atoms with Crippen molar-refractivity contribution in [3.05, 3.63) is 36.4 Å². The molecule has 7 nitrogen and oxygen atoms in total. The Morgan fingerprint density at radius 3 is 2.46 bits per heavy atom. The monoisotopic (exact) mass is 352 g/mol. The normalized spacial score (nSPS) is 22.1. The van der Waals surface area contributed by atoms with Crippen molar-refractivity contribution in [2.24, 2.45) is 11.8 Å². The van der Waals surface area contributed by atoms with Crippen LogP contribution in [0.5, 0.6) is 0 Å². The third-order valence-electron chi connectivity index (χ3n) is 5.12. The lowest BCUT2D eigenvalue weighted by Crippen LogP contribution is -2.38. The van der Waals surface area contributed by atoms with Crippen molar-refractivity contribution >= 4 is 34.7 Å². The van der Waals surface area contributed by atoms with E-state index in [4.69, 9.17) is 0 Å². The second-order valence-corrected chi connectivity index (χ2v) is 6.63. The molecule has 2 aromatic rings. The third-order valence-corrected chi connectivity index (χ3v) is 5.12. The van der Waals surface area contributed by atoms with E-state index in [0.29, 0.717) is 25.3 Å². The fourth-order valence-electron chi connectivity index (χ4n) is 3.82. The van der Waals surface area contributed by atoms with Gasteiger partial charge in [0.15, 0.2) is 0 Å². The number of nitrogens with one attached hydrogen (secondary N) is 1. The van der Waals surface area contributed by atoms with Crippen LogP contribution in [0.25, 0.3) is 11.0 Å². The molecule has 0 spiro atoms. The highest BCUT2D eigenvalue weighted by molar-refractivity contribution is 6.08. The molecule has 0 unspecified atom stereocenters. The molecule has 1 aliphatic heterocycles. The lowest BCUT2D eigenvalue weighted by Gasteiger charge is -2.14. The molecule has 134 valence electrons. The predicted octanol–water partition coefficient (Wildman–Crippen LogP) is 1.95. The number of fused-ring (bicyclic) bond motifs is 2. The predicted molar refractivity (Wildman–Crippen MR) is 96.1 cm³/mol. The van der Waals surface area contributed by atoms with Crippen LogP contribution in [0.4, 0.5) is 5.95 Å². The zero-order chi connectivity index (χ0) is 18.3. The molecule has 4 rings (SSSR count). The average molecular weight is 352 g/mol. The maximum atomic E-state index is 12.5. The van der Waals surface area contributed by atoms with E-state index in [2.05, 4.69) is 10.3 Å². The Bertz CT molecular complexity index is 904. The fourth-order valence-corrected chi connectivity index (χ4v) is 3.82. The molecule has 7 heteroatoms. The van der Waals surface area contributed by atoms with Gasteiger partial charge in [-0.25, -0.2) is 4.98 Å². The minimum atomic E-state index is -0.414. The van der Waals surface area contributed by atoms with Gasteiger partial charge in [0.2, 0.25) is 23.7 Å². The zero-order valence-electron chi connectivity index (χ0n) is 14.5. The molecule has 1 aromatic carbocycles. The summed E-state index contributed by atoms with van der Waals surface area (Å²) in [6, 6.07) is 7.62. The van der Waals surface area contributed by atoms with E-state index in [1.165, 1.54) is 0 Å². The number of carbonyl (C=O) groups excluding carboxylic acids is 3. The fraction of sp³-hybridized carbons (Fsp3) is 0.368. The van der Waals surface area contributed by atoms with E-state index >= 15 is 0 Å². The van der Waals surface area contributed by atoms with Crippen LogP contribution >= 0.6 is 0 Å². The van der Waals surface area contributed by atoms with Crippen LogP contribution in [-0.4, -0.2) is 38.7 Å². The highest BCUT2D eigenvalue weighted by Crippen LogP contribution is 2.34. The summed E-state index contributed by atoms with van der Waals surface area (Å²) in [4.78, 5) is 43.0. The first-order chi connectivity index (χ1) is 12.6. The van der Waals surface area contributed by atoms with Crippen LogP contribution in [0.3, 0.4) is 0 Å². The Kier molecular flexibility index (Phi) is 4.06. The number of allylic oxidation sites excluding steroid dienone is 2. The standard InChI is InChI=1S/C19H20N4O3/c1-2-22-15-10-6-5-9-14(15)20-19(22)21-16(24)11-23-17(25)12-7-3-4-8-13(12)18(23)26/h3-6,9-10,12-13H,2,7-8,11H2,1H3,(H,20,21,24)/t12-,13+. The van der Waals surface area contributed by atoms with E-state index in [1.807, 2.05) is 47.9 Å². The summed E-state index contributed by atoms with van der Waals surface area (Å²) in [6.07, 6.45) is 5.00. The number of hydrogen-bond acceptors (Lipinski definition) is 4. The summed E-state index contributed by atoms with van der Waals surface area (Å²) in [5.74, 6) is -1.12. The minimum absolute atomic E-state index is 0.247. The van der Waals surface area contributed by atoms with Gasteiger partial charge in [-0.3, -0.25) is 24.6 Å². The Morgan fingerprint density at radius 1 is 1.15 bits per heavy atom. The third kappa shape index (κ3) is 2.60. The molecule has 0 radical (unpaired) electrons. The Labute approximate surface area is 150 Å². The van der Waals surface area contributed by atoms with E-state index in [0.717, 1.165) is 15.9 Å². The highest BCUT2D eigenvalue weighted by Gasteiger charge is 2.47. The summed E-state index contributed by atoms with van der Waals surface area (Å²) in [6.45, 7) is 2.35. The molecule has 26 heavy (non-hydrogen) atoms. The molecular formula is C19H20N4O3. The molecule has 3 amide bonds. The van der Waals surface area contributed by atoms with Crippen LogP contribution in [0.1, 0.15) is 19.8 Å². The van der Waals surface area contributed by atoms with Gasteiger partial charge in [-0.2, -0.15) is 0 Å². The molecule has 0 bridgehead atoms. The first-order valence-corrected chi connectivity index (χ1v) is 8.85. The van der Waals surface area contributed by atoms with Gasteiger partial charge in [0.1, 0.15) is 6.54 Å². The zero-order valence-corrected chi connectivity index (χ0v) is 14.5. The Balaban J connectivity index is 1.51. The van der Waals surface area contributed by atoms with Gasteiger partial charge in [0, 0.05) is 6.54 Å². The number of amides is 3. The second kappa shape index (κ2) is 6.40. The second-order valence-electron chi connectivity index (χ2n) is 6.63. The number of benzene rings is 1. The molecule has 2 aliphatic rings. The number of hydrogen-bond donors (Lipinski definition) is 1. The van der Waals surface area contributed by atoms with Gasteiger partial charge in [-0.1, -0.05) is 24.3 Å². The lowest BCUT2D eigenvalue weighted by atomic mass is 9.85. The first-order valence-electron chi connectivity index (χ1n) is 8.85. The van der Waals surface area contributed by atoms with Crippen LogP contribution in [-0.2, 0) is 20.9 Å². The molecule has 2 heterocycles. The smallest absolute Gasteiger partial charge is 0.246 e. The van der Waals surface area contributed by atoms with E-state index < -0.39 is 5.91 Å². The summed E-state index contributed by atoms with van der Waals surface area (Å²) in [7, 11) is 0. The number of imide groups is 1. The van der Waals surface area contributed by atoms with E-state index in [9.17, 15) is 14.4 Å². The maximum absolute atomic E-state index is 12.5. The van der Waals surface area contributed by atoms with E-state index in [1.54, 1.807) is 0 Å². The van der Waals surface area contributed by atoms with E-state index in [-0.39, 0.29) is 30.2 Å². The summed E-state index contributed by atoms with van der Waals surface area (Å²) >= 11 is 0. The van der Waals surface area contributed by atoms with Crippen LogP contribution in [0.15, 0.2) is 36.4 Å². The molecule has 1 saturated heterocycles. The van der Waals surface area contributed by atoms with Gasteiger partial charge >= 0.3 is 0 Å². The maximum Gasteiger partial charge on any atom is 0.246 e. The number of nitrogens with zero attached hydrogens (tertiary/aromatic N) is 3. The topological polar surface area (TPSA) is 84.3 Å². The summed E-state index contributed by atoms with van der Waals surface area (Å²) in [5, 5.41) is 2.75. The number of para-hydroxylation sites is 2. The first kappa shape index (κ1) is 16.5. The quantitative estimate of drug-likeness (QED) is 0.673. The van der Waals surface area contributed by atoms with Crippen molar-refractivity contribution < 1.29 is 14.4 Å². The Morgan fingerprint density at radius 2 is 1.81 bits per heavy atom.